The fraction of sp³-hybridized carbons (Fsp3) is 0.766. The van der Waals surface area contributed by atoms with Crippen molar-refractivity contribution in [1.29, 1.82) is 0 Å². The molecule has 0 aromatic heterocycles. The van der Waals surface area contributed by atoms with Gasteiger partial charge >= 0.3 is 5.97 Å². The van der Waals surface area contributed by atoms with Crippen molar-refractivity contribution in [3.63, 3.8) is 0 Å². The van der Waals surface area contributed by atoms with Gasteiger partial charge < -0.3 is 62.7 Å². The van der Waals surface area contributed by atoms with Gasteiger partial charge in [0.05, 0.1) is 49.3 Å². The maximum absolute atomic E-state index is 14.3. The first-order valence-corrected chi connectivity index (χ1v) is 22.3. The van der Waals surface area contributed by atoms with Crippen molar-refractivity contribution in [1.82, 2.24) is 0 Å². The van der Waals surface area contributed by atoms with Crippen molar-refractivity contribution in [3.8, 4) is 0 Å². The van der Waals surface area contributed by atoms with Crippen LogP contribution >= 0.6 is 0 Å². The van der Waals surface area contributed by atoms with Crippen molar-refractivity contribution >= 4 is 5.97 Å². The number of aliphatic hydroxyl groups is 3. The van der Waals surface area contributed by atoms with Crippen molar-refractivity contribution in [3.05, 3.63) is 59.3 Å². The van der Waals surface area contributed by atoms with Crippen molar-refractivity contribution in [2.24, 2.45) is 23.7 Å². The summed E-state index contributed by atoms with van der Waals surface area (Å²) in [5.41, 5.74) is 0.129. The zero-order chi connectivity index (χ0) is 44.0. The largest absolute Gasteiger partial charge is 0.462 e. The molecule has 6 heterocycles. The number of methoxy groups -OCH3 is 2. The molecule has 9 unspecified atom stereocenters. The highest BCUT2D eigenvalue weighted by molar-refractivity contribution is 5.78. The molecule has 14 nitrogen and oxygen atoms in total. The molecule has 0 aromatic carbocycles. The Hall–Kier alpha value is -2.31. The van der Waals surface area contributed by atoms with E-state index in [-0.39, 0.29) is 42.7 Å². The number of carbonyl (C=O) groups is 1. The number of hydrogen-bond donors (Lipinski definition) is 3. The minimum Gasteiger partial charge on any atom is -0.462 e. The number of fused-ring (bicyclic) bond motifs is 2. The van der Waals surface area contributed by atoms with Crippen LogP contribution in [0.15, 0.2) is 59.3 Å². The molecular weight excluding hydrogens is 789 g/mol. The van der Waals surface area contributed by atoms with Gasteiger partial charge in [-0.15, -0.1) is 0 Å². The third kappa shape index (κ3) is 9.58. The lowest BCUT2D eigenvalue weighted by atomic mass is 9.71. The fourth-order valence-corrected chi connectivity index (χ4v) is 10.4. The summed E-state index contributed by atoms with van der Waals surface area (Å²) in [5.74, 6) is -2.62. The van der Waals surface area contributed by atoms with E-state index in [4.69, 9.17) is 47.4 Å². The normalized spacial score (nSPS) is 49.3. The second-order valence-electron chi connectivity index (χ2n) is 18.8. The van der Waals surface area contributed by atoms with Crippen LogP contribution in [0.4, 0.5) is 0 Å². The van der Waals surface area contributed by atoms with Crippen LogP contribution < -0.4 is 0 Å². The lowest BCUT2D eigenvalue weighted by Gasteiger charge is -2.48. The van der Waals surface area contributed by atoms with E-state index < -0.39 is 90.8 Å². The molecule has 7 aliphatic rings. The molecule has 7 rings (SSSR count). The molecule has 19 atom stereocenters. The molecule has 0 amide bonds. The van der Waals surface area contributed by atoms with E-state index in [1.165, 1.54) is 0 Å². The van der Waals surface area contributed by atoms with E-state index in [0.717, 1.165) is 5.57 Å². The standard InChI is InChI=1S/C47H70O14/c1-24(2)41-27(5)16-17-46(61-41)22-33-19-32(60-46)15-14-26(4)42(25(3)12-11-13-31-23-54-44-39(48)28(6)18-34(45(50)57-33)47(31,44)51)58-38-21-36(53-10)43(30(8)56-38)59-37-20-35(52-9)40(49)29(7)55-37/h11-14,16-18,24-25,27,29-30,32-44,48-49,51H,15,19-23H2,1-10H3/b12-11+,26-14+,31-13+/t25-,27-,29?,30?,32?,33-,34-,35?,36?,37?,38?,39+,40?,41+,42-,43?,44+,46+,47+/m0/s1. The van der Waals surface area contributed by atoms with Gasteiger partial charge in [0.25, 0.3) is 0 Å². The maximum atomic E-state index is 14.3. The van der Waals surface area contributed by atoms with E-state index in [1.807, 2.05) is 32.1 Å². The molecule has 342 valence electrons. The van der Waals surface area contributed by atoms with Gasteiger partial charge in [-0.2, -0.15) is 0 Å². The summed E-state index contributed by atoms with van der Waals surface area (Å²) in [6.07, 6.45) is 7.54. The Morgan fingerprint density at radius 2 is 1.56 bits per heavy atom. The lowest BCUT2D eigenvalue weighted by molar-refractivity contribution is -0.318. The van der Waals surface area contributed by atoms with E-state index in [2.05, 4.69) is 39.8 Å². The van der Waals surface area contributed by atoms with Gasteiger partial charge in [0, 0.05) is 51.7 Å². The number of aliphatic hydroxyl groups excluding tert-OH is 2. The van der Waals surface area contributed by atoms with Gasteiger partial charge in [-0.3, -0.25) is 4.79 Å². The van der Waals surface area contributed by atoms with Gasteiger partial charge in [-0.25, -0.2) is 0 Å². The van der Waals surface area contributed by atoms with Gasteiger partial charge in [0.15, 0.2) is 18.4 Å². The number of hydrogen-bond acceptors (Lipinski definition) is 14. The summed E-state index contributed by atoms with van der Waals surface area (Å²) >= 11 is 0. The minimum atomic E-state index is -1.83. The number of rotatable bonds is 7. The van der Waals surface area contributed by atoms with Gasteiger partial charge in [0.1, 0.15) is 42.0 Å². The SMILES string of the molecule is COC1CC(OC2C(C)OC(O[C@@H]3/C(C)=C/CC4C[C@@H](C[C@]5(C=C[C@H](C)[C@@H](C(C)C)O5)O4)OC(=O)[C@@H]4C=C(C)[C@@H](O)[C@H]5OC/C(=C\C=C\[C@@H]3C)[C@]54O)CC2OC)OC(C)C1O. The smallest absolute Gasteiger partial charge is 0.316 e. The zero-order valence-electron chi connectivity index (χ0n) is 37.5. The van der Waals surface area contributed by atoms with Crippen LogP contribution in [0.5, 0.6) is 0 Å². The first-order valence-electron chi connectivity index (χ1n) is 22.3. The van der Waals surface area contributed by atoms with Crippen LogP contribution in [-0.2, 0) is 52.2 Å². The van der Waals surface area contributed by atoms with E-state index in [0.29, 0.717) is 43.3 Å². The van der Waals surface area contributed by atoms with Crippen molar-refractivity contribution in [2.45, 2.75) is 185 Å². The Balaban J connectivity index is 1.18. The van der Waals surface area contributed by atoms with Crippen LogP contribution in [0.25, 0.3) is 0 Å². The predicted octanol–water partition coefficient (Wildman–Crippen LogP) is 4.99. The highest BCUT2D eigenvalue weighted by Crippen LogP contribution is 2.47. The molecule has 4 saturated heterocycles. The monoisotopic (exact) mass is 858 g/mol. The lowest BCUT2D eigenvalue weighted by Crippen LogP contribution is -2.58. The molecule has 14 heteroatoms. The van der Waals surface area contributed by atoms with Crippen molar-refractivity contribution < 1.29 is 67.5 Å². The molecule has 61 heavy (non-hydrogen) atoms. The molecular formula is C47H70O14. The molecule has 1 aliphatic carbocycles. The Bertz CT molecular complexity index is 1710. The molecule has 6 aliphatic heterocycles. The second kappa shape index (κ2) is 19.0. The summed E-state index contributed by atoms with van der Waals surface area (Å²) in [5, 5.41) is 34.2. The topological polar surface area (TPSA) is 170 Å². The fourth-order valence-electron chi connectivity index (χ4n) is 10.4. The van der Waals surface area contributed by atoms with Crippen LogP contribution in [-0.4, -0.2) is 139 Å². The number of ether oxygens (including phenoxy) is 10. The average Bonchev–Trinajstić information content (AvgIpc) is 3.56. The number of esters is 1. The summed E-state index contributed by atoms with van der Waals surface area (Å²) in [6, 6.07) is 0. The van der Waals surface area contributed by atoms with Crippen LogP contribution in [0.1, 0.15) is 87.5 Å². The van der Waals surface area contributed by atoms with Gasteiger partial charge in [-0.05, 0) is 62.8 Å². The van der Waals surface area contributed by atoms with Crippen LogP contribution in [0, 0.1) is 23.7 Å². The number of allylic oxidation sites excluding steroid dienone is 2. The molecule has 0 radical (unpaired) electrons. The minimum absolute atomic E-state index is 0.0313. The number of carbonyl (C=O) groups excluding carboxylic acids is 1. The van der Waals surface area contributed by atoms with Crippen molar-refractivity contribution in [2.75, 3.05) is 20.8 Å². The molecule has 0 aromatic rings. The molecule has 3 N–H and O–H groups in total. The first-order chi connectivity index (χ1) is 29.0. The summed E-state index contributed by atoms with van der Waals surface area (Å²) < 4.78 is 63.5. The quantitative estimate of drug-likeness (QED) is 0.231. The Morgan fingerprint density at radius 3 is 2.28 bits per heavy atom. The molecule has 2 bridgehead atoms. The van der Waals surface area contributed by atoms with Gasteiger partial charge in [0.2, 0.25) is 0 Å². The highest BCUT2D eigenvalue weighted by atomic mass is 16.7. The predicted molar refractivity (Wildman–Crippen MR) is 223 cm³/mol. The third-order valence-corrected chi connectivity index (χ3v) is 14.0. The van der Waals surface area contributed by atoms with E-state index in [9.17, 15) is 20.1 Å². The molecule has 0 saturated carbocycles. The van der Waals surface area contributed by atoms with Gasteiger partial charge in [-0.1, -0.05) is 64.2 Å². The van der Waals surface area contributed by atoms with Crippen LogP contribution in [0.3, 0.4) is 0 Å². The van der Waals surface area contributed by atoms with E-state index >= 15 is 0 Å². The second-order valence-corrected chi connectivity index (χ2v) is 18.8. The van der Waals surface area contributed by atoms with Crippen LogP contribution in [0.2, 0.25) is 0 Å². The first kappa shape index (κ1) is 46.7. The van der Waals surface area contributed by atoms with E-state index in [1.54, 1.807) is 40.2 Å². The highest BCUT2D eigenvalue weighted by Gasteiger charge is 2.60. The zero-order valence-corrected chi connectivity index (χ0v) is 37.5. The molecule has 1 spiro atoms. The Kier molecular flexibility index (Phi) is 14.6. The Labute approximate surface area is 361 Å². The summed E-state index contributed by atoms with van der Waals surface area (Å²) in [4.78, 5) is 14.3. The molecule has 4 fully saturated rings. The maximum Gasteiger partial charge on any atom is 0.316 e. The average molecular weight is 859 g/mol. The summed E-state index contributed by atoms with van der Waals surface area (Å²) in [7, 11) is 3.22. The third-order valence-electron chi connectivity index (χ3n) is 14.0. The summed E-state index contributed by atoms with van der Waals surface area (Å²) in [6.45, 7) is 16.0. The Morgan fingerprint density at radius 1 is 0.852 bits per heavy atom.